The number of likely N-dealkylation sites (tertiary alicyclic amines) is 1. The summed E-state index contributed by atoms with van der Waals surface area (Å²) in [5, 5.41) is 3.40. The molecule has 8 heteroatoms. The third-order valence-electron chi connectivity index (χ3n) is 5.06. The Morgan fingerprint density at radius 3 is 2.37 bits per heavy atom. The summed E-state index contributed by atoms with van der Waals surface area (Å²) in [6.07, 6.45) is 2.59. The quantitative estimate of drug-likeness (QED) is 0.681. The Balaban J connectivity index is 1.34. The number of hydrogen-bond donors (Lipinski definition) is 1. The number of rotatable bonds is 4. The van der Waals surface area contributed by atoms with Gasteiger partial charge in [-0.25, -0.2) is 13.8 Å². The first-order valence-corrected chi connectivity index (χ1v) is 10.4. The minimum absolute atomic E-state index is 0.0605. The minimum Gasteiger partial charge on any atom is -0.348 e. The van der Waals surface area contributed by atoms with E-state index in [-0.39, 0.29) is 29.2 Å². The Bertz CT molecular complexity index is 1080. The molecular formula is C22H19F2N3O2S. The monoisotopic (exact) mass is 427 g/mol. The van der Waals surface area contributed by atoms with Gasteiger partial charge in [-0.2, -0.15) is 0 Å². The molecule has 2 amide bonds. The van der Waals surface area contributed by atoms with Crippen LogP contribution in [0.15, 0.2) is 54.7 Å². The molecular weight excluding hydrogens is 408 g/mol. The molecule has 2 heterocycles. The first kappa shape index (κ1) is 20.2. The summed E-state index contributed by atoms with van der Waals surface area (Å²) in [7, 11) is 0. The number of aromatic nitrogens is 1. The molecule has 1 fully saturated rings. The summed E-state index contributed by atoms with van der Waals surface area (Å²) in [4.78, 5) is 31.2. The van der Waals surface area contributed by atoms with Gasteiger partial charge in [0, 0.05) is 24.7 Å². The highest BCUT2D eigenvalue weighted by atomic mass is 32.1. The van der Waals surface area contributed by atoms with Crippen molar-refractivity contribution in [3.8, 4) is 10.6 Å². The lowest BCUT2D eigenvalue weighted by atomic mass is 10.0. The van der Waals surface area contributed by atoms with Crippen LogP contribution < -0.4 is 5.32 Å². The number of carbonyl (C=O) groups is 2. The van der Waals surface area contributed by atoms with Gasteiger partial charge in [0.1, 0.15) is 21.5 Å². The molecule has 1 aromatic heterocycles. The molecule has 5 nitrogen and oxygen atoms in total. The molecule has 0 aliphatic carbocycles. The van der Waals surface area contributed by atoms with E-state index in [4.69, 9.17) is 0 Å². The van der Waals surface area contributed by atoms with E-state index >= 15 is 0 Å². The molecule has 2 aromatic carbocycles. The van der Waals surface area contributed by atoms with E-state index < -0.39 is 5.82 Å². The number of benzene rings is 2. The van der Waals surface area contributed by atoms with Crippen LogP contribution in [0, 0.1) is 11.6 Å². The standard InChI is InChI=1S/C22H19F2N3O2S/c23-17-7-3-1-5-15(17)21-25-13-19(30-21)20(28)26-14-9-11-27(12-10-14)22(29)16-6-2-4-8-18(16)24/h1-8,13-14H,9-12H2,(H,26,28). The van der Waals surface area contributed by atoms with Crippen molar-refractivity contribution in [1.82, 2.24) is 15.2 Å². The Morgan fingerprint density at radius 2 is 1.67 bits per heavy atom. The zero-order valence-corrected chi connectivity index (χ0v) is 16.8. The number of thiazole rings is 1. The Morgan fingerprint density at radius 1 is 1.00 bits per heavy atom. The van der Waals surface area contributed by atoms with Gasteiger partial charge in [0.25, 0.3) is 11.8 Å². The van der Waals surface area contributed by atoms with Crippen LogP contribution in [-0.2, 0) is 0 Å². The molecule has 1 saturated heterocycles. The number of nitrogens with one attached hydrogen (secondary N) is 1. The van der Waals surface area contributed by atoms with Gasteiger partial charge in [-0.3, -0.25) is 9.59 Å². The summed E-state index contributed by atoms with van der Waals surface area (Å²) in [6, 6.07) is 12.1. The molecule has 0 radical (unpaired) electrons. The van der Waals surface area contributed by atoms with E-state index in [9.17, 15) is 18.4 Å². The van der Waals surface area contributed by atoms with Gasteiger partial charge in [-0.1, -0.05) is 24.3 Å². The summed E-state index contributed by atoms with van der Waals surface area (Å²) in [5.41, 5.74) is 0.423. The normalized spacial score (nSPS) is 14.5. The van der Waals surface area contributed by atoms with Crippen LogP contribution in [0.5, 0.6) is 0 Å². The second-order valence-electron chi connectivity index (χ2n) is 7.03. The first-order valence-electron chi connectivity index (χ1n) is 9.58. The Kier molecular flexibility index (Phi) is 5.85. The van der Waals surface area contributed by atoms with Gasteiger partial charge < -0.3 is 10.2 Å². The molecule has 1 aliphatic heterocycles. The van der Waals surface area contributed by atoms with Crippen molar-refractivity contribution in [1.29, 1.82) is 0 Å². The van der Waals surface area contributed by atoms with Crippen LogP contribution in [0.25, 0.3) is 10.6 Å². The maximum atomic E-state index is 13.9. The van der Waals surface area contributed by atoms with E-state index in [1.165, 1.54) is 24.4 Å². The zero-order valence-electron chi connectivity index (χ0n) is 16.0. The van der Waals surface area contributed by atoms with Gasteiger partial charge in [-0.05, 0) is 37.1 Å². The zero-order chi connectivity index (χ0) is 21.1. The molecule has 1 N–H and O–H groups in total. The van der Waals surface area contributed by atoms with Crippen molar-refractivity contribution in [2.45, 2.75) is 18.9 Å². The molecule has 1 aliphatic rings. The maximum Gasteiger partial charge on any atom is 0.263 e. The van der Waals surface area contributed by atoms with E-state index in [0.717, 1.165) is 11.3 Å². The number of halogens is 2. The Hall–Kier alpha value is -3.13. The van der Waals surface area contributed by atoms with Crippen molar-refractivity contribution in [3.63, 3.8) is 0 Å². The van der Waals surface area contributed by atoms with Crippen molar-refractivity contribution in [2.75, 3.05) is 13.1 Å². The van der Waals surface area contributed by atoms with Gasteiger partial charge in [0.2, 0.25) is 0 Å². The fraction of sp³-hybridized carbons (Fsp3) is 0.227. The molecule has 154 valence electrons. The molecule has 30 heavy (non-hydrogen) atoms. The van der Waals surface area contributed by atoms with Crippen molar-refractivity contribution in [2.24, 2.45) is 0 Å². The average Bonchev–Trinajstić information content (AvgIpc) is 3.25. The SMILES string of the molecule is O=C(NC1CCN(C(=O)c2ccccc2F)CC1)c1cnc(-c2ccccc2F)s1. The number of nitrogens with zero attached hydrogens (tertiary/aromatic N) is 2. The fourth-order valence-electron chi connectivity index (χ4n) is 3.43. The molecule has 0 unspecified atom stereocenters. The number of hydrogen-bond acceptors (Lipinski definition) is 4. The molecule has 4 rings (SSSR count). The third kappa shape index (κ3) is 4.23. The smallest absolute Gasteiger partial charge is 0.263 e. The second-order valence-corrected chi connectivity index (χ2v) is 8.06. The van der Waals surface area contributed by atoms with Crippen molar-refractivity contribution in [3.05, 3.63) is 76.8 Å². The number of piperidine rings is 1. The molecule has 3 aromatic rings. The van der Waals surface area contributed by atoms with E-state index in [0.29, 0.717) is 41.4 Å². The highest BCUT2D eigenvalue weighted by Gasteiger charge is 2.26. The largest absolute Gasteiger partial charge is 0.348 e. The van der Waals surface area contributed by atoms with Crippen LogP contribution in [-0.4, -0.2) is 40.8 Å². The van der Waals surface area contributed by atoms with Crippen molar-refractivity contribution >= 4 is 23.2 Å². The van der Waals surface area contributed by atoms with Gasteiger partial charge in [-0.15, -0.1) is 11.3 Å². The highest BCUT2D eigenvalue weighted by Crippen LogP contribution is 2.27. The minimum atomic E-state index is -0.534. The third-order valence-corrected chi connectivity index (χ3v) is 6.08. The topological polar surface area (TPSA) is 62.3 Å². The summed E-state index contributed by atoms with van der Waals surface area (Å²) >= 11 is 1.13. The van der Waals surface area contributed by atoms with Crippen LogP contribution in [0.2, 0.25) is 0 Å². The van der Waals surface area contributed by atoms with Crippen LogP contribution in [0.4, 0.5) is 8.78 Å². The van der Waals surface area contributed by atoms with E-state index in [1.807, 2.05) is 0 Å². The van der Waals surface area contributed by atoms with Crippen LogP contribution in [0.3, 0.4) is 0 Å². The molecule has 0 spiro atoms. The van der Waals surface area contributed by atoms with E-state index in [2.05, 4.69) is 10.3 Å². The molecule has 0 saturated carbocycles. The summed E-state index contributed by atoms with van der Waals surface area (Å²) in [6.45, 7) is 0.864. The predicted octanol–water partition coefficient (Wildman–Crippen LogP) is 4.12. The van der Waals surface area contributed by atoms with Crippen molar-refractivity contribution < 1.29 is 18.4 Å². The average molecular weight is 427 g/mol. The summed E-state index contributed by atoms with van der Waals surface area (Å²) < 4.78 is 27.8. The maximum absolute atomic E-state index is 13.9. The van der Waals surface area contributed by atoms with Crippen LogP contribution >= 0.6 is 11.3 Å². The second kappa shape index (κ2) is 8.71. The summed E-state index contributed by atoms with van der Waals surface area (Å²) in [5.74, 6) is -1.52. The lowest BCUT2D eigenvalue weighted by Gasteiger charge is -2.32. The van der Waals surface area contributed by atoms with Gasteiger partial charge >= 0.3 is 0 Å². The fourth-order valence-corrected chi connectivity index (χ4v) is 4.27. The van der Waals surface area contributed by atoms with E-state index in [1.54, 1.807) is 35.2 Å². The lowest BCUT2D eigenvalue weighted by molar-refractivity contribution is 0.0694. The number of carbonyl (C=O) groups excluding carboxylic acids is 2. The van der Waals surface area contributed by atoms with Gasteiger partial charge in [0.05, 0.1) is 11.8 Å². The highest BCUT2D eigenvalue weighted by molar-refractivity contribution is 7.16. The Labute approximate surface area is 176 Å². The van der Waals surface area contributed by atoms with Gasteiger partial charge in [0.15, 0.2) is 0 Å². The first-order chi connectivity index (χ1) is 14.5. The lowest BCUT2D eigenvalue weighted by Crippen LogP contribution is -2.46. The number of amides is 2. The van der Waals surface area contributed by atoms with Crippen LogP contribution in [0.1, 0.15) is 32.9 Å². The predicted molar refractivity (Wildman–Crippen MR) is 110 cm³/mol. The molecule has 0 bridgehead atoms. The molecule has 0 atom stereocenters.